The summed E-state index contributed by atoms with van der Waals surface area (Å²) in [6, 6.07) is 4.67. The zero-order valence-corrected chi connectivity index (χ0v) is 12.3. The molecule has 1 aromatic rings. The summed E-state index contributed by atoms with van der Waals surface area (Å²) in [6.07, 6.45) is 6.96. The highest BCUT2D eigenvalue weighted by Gasteiger charge is 2.28. The Morgan fingerprint density at radius 1 is 1.45 bits per heavy atom. The number of carboxylic acids is 1. The molecule has 114 valence electrons. The maximum Gasteiger partial charge on any atom is 0.335 e. The van der Waals surface area contributed by atoms with Crippen molar-refractivity contribution in [2.45, 2.75) is 19.1 Å². The Labute approximate surface area is 128 Å². The molecule has 1 amide bonds. The molecule has 1 unspecified atom stereocenters. The second-order valence-corrected chi connectivity index (χ2v) is 5.49. The molecule has 0 radical (unpaired) electrons. The molecule has 5 nitrogen and oxygen atoms in total. The first kappa shape index (κ1) is 14.5. The topological polar surface area (TPSA) is 66.8 Å². The Hall–Kier alpha value is -2.40. The van der Waals surface area contributed by atoms with E-state index in [0.717, 1.165) is 17.6 Å². The number of rotatable bonds is 4. The van der Waals surface area contributed by atoms with Gasteiger partial charge in [-0.1, -0.05) is 18.2 Å². The van der Waals surface area contributed by atoms with E-state index >= 15 is 0 Å². The number of aromatic carboxylic acids is 1. The molecule has 0 aromatic heterocycles. The first-order chi connectivity index (χ1) is 10.6. The molecule has 1 atom stereocenters. The molecule has 1 aliphatic carbocycles. The fourth-order valence-electron chi connectivity index (χ4n) is 2.80. The number of fused-ring (bicyclic) bond motifs is 1. The molecule has 1 N–H and O–H groups in total. The zero-order valence-electron chi connectivity index (χ0n) is 12.3. The maximum atomic E-state index is 12.4. The van der Waals surface area contributed by atoms with Gasteiger partial charge in [-0.15, -0.1) is 0 Å². The summed E-state index contributed by atoms with van der Waals surface area (Å²) in [5, 5.41) is 9.03. The fraction of sp³-hybridized carbons (Fsp3) is 0.294. The van der Waals surface area contributed by atoms with Gasteiger partial charge in [0.15, 0.2) is 0 Å². The van der Waals surface area contributed by atoms with E-state index in [-0.39, 0.29) is 17.6 Å². The molecule has 0 bridgehead atoms. The van der Waals surface area contributed by atoms with Crippen molar-refractivity contribution in [3.63, 3.8) is 0 Å². The highest BCUT2D eigenvalue weighted by Crippen LogP contribution is 2.25. The fourth-order valence-corrected chi connectivity index (χ4v) is 2.80. The van der Waals surface area contributed by atoms with Crippen molar-refractivity contribution >= 4 is 11.9 Å². The van der Waals surface area contributed by atoms with Gasteiger partial charge in [0.1, 0.15) is 0 Å². The molecule has 3 rings (SSSR count). The SMILES string of the molecule is COC1C=CC(CN2Cc3cc(C(=O)O)ccc3C2=O)=CC1. The van der Waals surface area contributed by atoms with Crippen molar-refractivity contribution in [3.05, 3.63) is 58.7 Å². The molecular formula is C17H17NO4. The van der Waals surface area contributed by atoms with Gasteiger partial charge in [-0.05, 0) is 35.8 Å². The van der Waals surface area contributed by atoms with Crippen molar-refractivity contribution in [2.75, 3.05) is 13.7 Å². The highest BCUT2D eigenvalue weighted by atomic mass is 16.5. The molecule has 0 saturated heterocycles. The van der Waals surface area contributed by atoms with Gasteiger partial charge in [0.2, 0.25) is 0 Å². The number of hydrogen-bond acceptors (Lipinski definition) is 3. The van der Waals surface area contributed by atoms with Crippen LogP contribution in [-0.2, 0) is 11.3 Å². The number of carboxylic acid groups (broad SMARTS) is 1. The second-order valence-electron chi connectivity index (χ2n) is 5.49. The van der Waals surface area contributed by atoms with E-state index in [4.69, 9.17) is 9.84 Å². The first-order valence-corrected chi connectivity index (χ1v) is 7.14. The third kappa shape index (κ3) is 2.67. The van der Waals surface area contributed by atoms with Crippen LogP contribution >= 0.6 is 0 Å². The third-order valence-electron chi connectivity index (χ3n) is 4.04. The highest BCUT2D eigenvalue weighted by molar-refractivity contribution is 6.00. The van der Waals surface area contributed by atoms with Gasteiger partial charge in [0, 0.05) is 25.8 Å². The lowest BCUT2D eigenvalue weighted by atomic mass is 10.0. The van der Waals surface area contributed by atoms with Crippen LogP contribution < -0.4 is 0 Å². The van der Waals surface area contributed by atoms with Crippen molar-refractivity contribution in [1.82, 2.24) is 4.90 Å². The average molecular weight is 299 g/mol. The van der Waals surface area contributed by atoms with Crippen LogP contribution in [0.4, 0.5) is 0 Å². The van der Waals surface area contributed by atoms with Gasteiger partial charge in [-0.25, -0.2) is 4.79 Å². The largest absolute Gasteiger partial charge is 0.478 e. The van der Waals surface area contributed by atoms with Gasteiger partial charge in [-0.3, -0.25) is 4.79 Å². The molecule has 1 aromatic carbocycles. The van der Waals surface area contributed by atoms with E-state index in [9.17, 15) is 9.59 Å². The van der Waals surface area contributed by atoms with Gasteiger partial charge in [0.25, 0.3) is 5.91 Å². The predicted octanol–water partition coefficient (Wildman–Crippen LogP) is 2.24. The number of methoxy groups -OCH3 is 1. The molecule has 0 fully saturated rings. The number of ether oxygens (including phenoxy) is 1. The number of carbonyl (C=O) groups is 2. The monoisotopic (exact) mass is 299 g/mol. The van der Waals surface area contributed by atoms with Crippen LogP contribution in [0.5, 0.6) is 0 Å². The smallest absolute Gasteiger partial charge is 0.335 e. The Bertz CT molecular complexity index is 690. The number of amides is 1. The van der Waals surface area contributed by atoms with Crippen molar-refractivity contribution in [3.8, 4) is 0 Å². The summed E-state index contributed by atoms with van der Waals surface area (Å²) < 4.78 is 5.25. The Morgan fingerprint density at radius 2 is 2.27 bits per heavy atom. The molecular weight excluding hydrogens is 282 g/mol. The summed E-state index contributed by atoms with van der Waals surface area (Å²) in [7, 11) is 1.68. The average Bonchev–Trinajstić information content (AvgIpc) is 2.84. The summed E-state index contributed by atoms with van der Waals surface area (Å²) in [5.74, 6) is -1.02. The van der Waals surface area contributed by atoms with Crippen molar-refractivity contribution < 1.29 is 19.4 Å². The number of carbonyl (C=O) groups excluding carboxylic acids is 1. The quantitative estimate of drug-likeness (QED) is 0.926. The summed E-state index contributed by atoms with van der Waals surface area (Å²) in [5.41, 5.74) is 2.67. The number of benzene rings is 1. The lowest BCUT2D eigenvalue weighted by Gasteiger charge is -2.20. The molecule has 1 heterocycles. The van der Waals surface area contributed by atoms with Crippen LogP contribution in [0.25, 0.3) is 0 Å². The normalized spacial score (nSPS) is 20.0. The predicted molar refractivity (Wildman–Crippen MR) is 80.8 cm³/mol. The van der Waals surface area contributed by atoms with Crippen LogP contribution in [0.1, 0.15) is 32.7 Å². The van der Waals surface area contributed by atoms with Gasteiger partial charge in [-0.2, -0.15) is 0 Å². The molecule has 5 heteroatoms. The lowest BCUT2D eigenvalue weighted by Crippen LogP contribution is -2.26. The first-order valence-electron chi connectivity index (χ1n) is 7.14. The number of nitrogens with zero attached hydrogens (tertiary/aromatic N) is 1. The molecule has 22 heavy (non-hydrogen) atoms. The Kier molecular flexibility index (Phi) is 3.81. The maximum absolute atomic E-state index is 12.4. The van der Waals surface area contributed by atoms with Gasteiger partial charge < -0.3 is 14.7 Å². The van der Waals surface area contributed by atoms with E-state index in [2.05, 4.69) is 6.08 Å². The van der Waals surface area contributed by atoms with E-state index in [1.54, 1.807) is 24.1 Å². The third-order valence-corrected chi connectivity index (χ3v) is 4.04. The van der Waals surface area contributed by atoms with Crippen LogP contribution in [-0.4, -0.2) is 41.6 Å². The van der Waals surface area contributed by atoms with Gasteiger partial charge >= 0.3 is 5.97 Å². The molecule has 1 aliphatic heterocycles. The van der Waals surface area contributed by atoms with Gasteiger partial charge in [0.05, 0.1) is 11.7 Å². The van der Waals surface area contributed by atoms with Crippen LogP contribution in [0.15, 0.2) is 42.0 Å². The van der Waals surface area contributed by atoms with Crippen LogP contribution in [0, 0.1) is 0 Å². The second kappa shape index (κ2) is 5.77. The van der Waals surface area contributed by atoms with Crippen molar-refractivity contribution in [2.24, 2.45) is 0 Å². The molecule has 0 saturated carbocycles. The molecule has 0 spiro atoms. The lowest BCUT2D eigenvalue weighted by molar-refractivity contribution is 0.0696. The summed E-state index contributed by atoms with van der Waals surface area (Å²) in [4.78, 5) is 25.1. The standard InChI is InChI=1S/C17H17NO4/c1-22-14-5-2-11(3-6-14)9-18-10-13-8-12(17(20)21)4-7-15(13)16(18)19/h2-5,7-8,14H,6,9-10H2,1H3,(H,20,21). The minimum Gasteiger partial charge on any atom is -0.478 e. The zero-order chi connectivity index (χ0) is 15.7. The van der Waals surface area contributed by atoms with E-state index in [1.807, 2.05) is 12.2 Å². The Balaban J connectivity index is 1.73. The summed E-state index contributed by atoms with van der Waals surface area (Å²) in [6.45, 7) is 0.983. The minimum absolute atomic E-state index is 0.0462. The van der Waals surface area contributed by atoms with Crippen molar-refractivity contribution in [1.29, 1.82) is 0 Å². The number of hydrogen-bond donors (Lipinski definition) is 1. The minimum atomic E-state index is -0.975. The summed E-state index contributed by atoms with van der Waals surface area (Å²) >= 11 is 0. The van der Waals surface area contributed by atoms with E-state index < -0.39 is 5.97 Å². The Morgan fingerprint density at radius 3 is 2.91 bits per heavy atom. The van der Waals surface area contributed by atoms with E-state index in [1.165, 1.54) is 6.07 Å². The van der Waals surface area contributed by atoms with E-state index in [0.29, 0.717) is 18.7 Å². The van der Waals surface area contributed by atoms with Crippen LogP contribution in [0.3, 0.4) is 0 Å². The van der Waals surface area contributed by atoms with Crippen LogP contribution in [0.2, 0.25) is 0 Å². The molecule has 2 aliphatic rings.